The molecule has 0 spiro atoms. The third kappa shape index (κ3) is 3.74. The van der Waals surface area contributed by atoms with Gasteiger partial charge in [-0.2, -0.15) is 0 Å². The molecule has 0 saturated carbocycles. The topological polar surface area (TPSA) is 126 Å². The maximum atomic E-state index is 12.5. The Hall–Kier alpha value is -3.53. The molecule has 0 aliphatic carbocycles. The molecule has 9 nitrogen and oxygen atoms in total. The molecule has 10 heteroatoms. The number of ketones is 1. The zero-order chi connectivity index (χ0) is 21.3. The Morgan fingerprint density at radius 3 is 2.45 bits per heavy atom. The summed E-state index contributed by atoms with van der Waals surface area (Å²) in [6.45, 7) is 0.983. The van der Waals surface area contributed by atoms with Crippen LogP contribution in [-0.4, -0.2) is 32.5 Å². The molecule has 29 heavy (non-hydrogen) atoms. The number of aromatic nitrogens is 3. The molecule has 0 fully saturated rings. The van der Waals surface area contributed by atoms with Crippen LogP contribution in [0.3, 0.4) is 0 Å². The first-order valence-electron chi connectivity index (χ1n) is 8.51. The van der Waals surface area contributed by atoms with Gasteiger partial charge in [-0.3, -0.25) is 18.7 Å². The summed E-state index contributed by atoms with van der Waals surface area (Å²) in [5, 5.41) is 0.651. The second kappa shape index (κ2) is 7.84. The number of hydrogen-bond acceptors (Lipinski definition) is 8. The molecule has 2 aromatic heterocycles. The molecule has 3 aromatic rings. The number of esters is 1. The van der Waals surface area contributed by atoms with E-state index in [1.54, 1.807) is 6.92 Å². The van der Waals surface area contributed by atoms with E-state index in [2.05, 4.69) is 4.98 Å². The molecule has 0 bridgehead atoms. The highest BCUT2D eigenvalue weighted by atomic mass is 32.1. The number of carbonyl (C=O) groups excluding carboxylic acids is 2. The van der Waals surface area contributed by atoms with E-state index in [4.69, 9.17) is 10.5 Å². The third-order valence-electron chi connectivity index (χ3n) is 4.33. The summed E-state index contributed by atoms with van der Waals surface area (Å²) in [6.07, 6.45) is 0. The van der Waals surface area contributed by atoms with Gasteiger partial charge in [0.05, 0.1) is 5.69 Å². The molecular weight excluding hydrogens is 396 g/mol. The van der Waals surface area contributed by atoms with Crippen LogP contribution in [-0.2, 0) is 18.8 Å². The van der Waals surface area contributed by atoms with E-state index in [0.29, 0.717) is 10.7 Å². The second-order valence-electron chi connectivity index (χ2n) is 6.26. The van der Waals surface area contributed by atoms with E-state index >= 15 is 0 Å². The van der Waals surface area contributed by atoms with Crippen molar-refractivity contribution in [3.8, 4) is 10.6 Å². The number of Topliss-reactive ketones (excluding diaryl/α,β-unsaturated/α-hetero) is 1. The first-order chi connectivity index (χ1) is 13.7. The highest BCUT2D eigenvalue weighted by Gasteiger charge is 2.23. The molecule has 0 amide bonds. The van der Waals surface area contributed by atoms with Gasteiger partial charge in [-0.15, -0.1) is 11.3 Å². The number of carbonyl (C=O) groups is 2. The number of nitrogen functional groups attached to an aromatic ring is 1. The molecule has 3 rings (SSSR count). The number of rotatable bonds is 5. The van der Waals surface area contributed by atoms with Crippen LogP contribution in [0, 0.1) is 6.92 Å². The lowest BCUT2D eigenvalue weighted by Crippen LogP contribution is -2.42. The third-order valence-corrected chi connectivity index (χ3v) is 5.51. The fourth-order valence-corrected chi connectivity index (χ4v) is 3.65. The number of aryl methyl sites for hydroxylation is 1. The summed E-state index contributed by atoms with van der Waals surface area (Å²) in [6, 6.07) is 9.34. The number of nitrogens with zero attached hydrogens (tertiary/aromatic N) is 3. The SMILES string of the molecule is Cc1nc(-c2ccccc2)sc1C(=O)OCC(=O)c1c(N)n(C)c(=O)n(C)c1=O. The monoisotopic (exact) mass is 414 g/mol. The standard InChI is InChI=1S/C19H18N4O5S/c1-10-14(29-16(21-10)11-7-5-4-6-8-11)18(26)28-9-12(24)13-15(20)22(2)19(27)23(3)17(13)25/h4-8H,9,20H2,1-3H3. The number of thiazole rings is 1. The summed E-state index contributed by atoms with van der Waals surface area (Å²) >= 11 is 1.15. The summed E-state index contributed by atoms with van der Waals surface area (Å²) in [4.78, 5) is 53.6. The van der Waals surface area contributed by atoms with Gasteiger partial charge >= 0.3 is 11.7 Å². The highest BCUT2D eigenvalue weighted by molar-refractivity contribution is 7.17. The van der Waals surface area contributed by atoms with Gasteiger partial charge in [0.1, 0.15) is 21.3 Å². The largest absolute Gasteiger partial charge is 0.453 e. The molecule has 0 radical (unpaired) electrons. The van der Waals surface area contributed by atoms with E-state index < -0.39 is 35.2 Å². The molecule has 0 atom stereocenters. The smallest absolute Gasteiger partial charge is 0.350 e. The fourth-order valence-electron chi connectivity index (χ4n) is 2.68. The average molecular weight is 414 g/mol. The highest BCUT2D eigenvalue weighted by Crippen LogP contribution is 2.28. The van der Waals surface area contributed by atoms with Gasteiger partial charge in [0.25, 0.3) is 5.56 Å². The molecule has 150 valence electrons. The molecule has 2 heterocycles. The normalized spacial score (nSPS) is 10.7. The van der Waals surface area contributed by atoms with Crippen molar-refractivity contribution in [3.05, 3.63) is 67.3 Å². The zero-order valence-corrected chi connectivity index (χ0v) is 16.8. The van der Waals surface area contributed by atoms with Crippen LogP contribution in [0.2, 0.25) is 0 Å². The van der Waals surface area contributed by atoms with Crippen molar-refractivity contribution >= 4 is 28.9 Å². The number of ether oxygens (including phenoxy) is 1. The minimum atomic E-state index is -0.841. The Morgan fingerprint density at radius 2 is 1.79 bits per heavy atom. The Morgan fingerprint density at radius 1 is 1.14 bits per heavy atom. The number of nitrogens with two attached hydrogens (primary N) is 1. The van der Waals surface area contributed by atoms with Crippen LogP contribution in [0.15, 0.2) is 39.9 Å². The number of benzene rings is 1. The van der Waals surface area contributed by atoms with Gasteiger partial charge in [-0.1, -0.05) is 30.3 Å². The number of hydrogen-bond donors (Lipinski definition) is 1. The Bertz CT molecular complexity index is 1220. The summed E-state index contributed by atoms with van der Waals surface area (Å²) in [7, 11) is 2.57. The van der Waals surface area contributed by atoms with Crippen LogP contribution in [0.25, 0.3) is 10.6 Å². The van der Waals surface area contributed by atoms with Crippen molar-refractivity contribution in [2.45, 2.75) is 6.92 Å². The average Bonchev–Trinajstić information content (AvgIpc) is 3.11. The molecule has 2 N–H and O–H groups in total. The van der Waals surface area contributed by atoms with Gasteiger partial charge in [0.2, 0.25) is 5.78 Å². The predicted octanol–water partition coefficient (Wildman–Crippen LogP) is 1.14. The van der Waals surface area contributed by atoms with Crippen LogP contribution >= 0.6 is 11.3 Å². The molecule has 0 unspecified atom stereocenters. The van der Waals surface area contributed by atoms with Crippen molar-refractivity contribution in [2.75, 3.05) is 12.3 Å². The lowest BCUT2D eigenvalue weighted by atomic mass is 10.2. The zero-order valence-electron chi connectivity index (χ0n) is 16.0. The molecule has 0 saturated heterocycles. The second-order valence-corrected chi connectivity index (χ2v) is 7.26. The summed E-state index contributed by atoms with van der Waals surface area (Å²) in [5.41, 5.74) is 5.18. The lowest BCUT2D eigenvalue weighted by Gasteiger charge is -2.10. The van der Waals surface area contributed by atoms with Gasteiger partial charge < -0.3 is 10.5 Å². The van der Waals surface area contributed by atoms with E-state index in [-0.39, 0.29) is 10.7 Å². The van der Waals surface area contributed by atoms with Crippen LogP contribution < -0.4 is 17.0 Å². The van der Waals surface area contributed by atoms with Crippen molar-refractivity contribution in [3.63, 3.8) is 0 Å². The number of anilines is 1. The van der Waals surface area contributed by atoms with Crippen LogP contribution in [0.5, 0.6) is 0 Å². The molecular formula is C19H18N4O5S. The van der Waals surface area contributed by atoms with Crippen LogP contribution in [0.4, 0.5) is 5.82 Å². The van der Waals surface area contributed by atoms with Gasteiger partial charge in [-0.05, 0) is 6.92 Å². The molecule has 1 aromatic carbocycles. The molecule has 0 aliphatic heterocycles. The van der Waals surface area contributed by atoms with Crippen LogP contribution in [0.1, 0.15) is 25.7 Å². The van der Waals surface area contributed by atoms with Gasteiger partial charge in [-0.25, -0.2) is 14.6 Å². The minimum Gasteiger partial charge on any atom is -0.453 e. The lowest BCUT2D eigenvalue weighted by molar-refractivity contribution is 0.0478. The van der Waals surface area contributed by atoms with E-state index in [1.807, 2.05) is 30.3 Å². The minimum absolute atomic E-state index is 0.262. The first kappa shape index (κ1) is 20.2. The van der Waals surface area contributed by atoms with Crippen molar-refractivity contribution in [1.82, 2.24) is 14.1 Å². The van der Waals surface area contributed by atoms with E-state index in [0.717, 1.165) is 26.0 Å². The first-order valence-corrected chi connectivity index (χ1v) is 9.32. The Kier molecular flexibility index (Phi) is 5.46. The Balaban J connectivity index is 1.80. The van der Waals surface area contributed by atoms with E-state index in [9.17, 15) is 19.2 Å². The maximum Gasteiger partial charge on any atom is 0.350 e. The predicted molar refractivity (Wildman–Crippen MR) is 108 cm³/mol. The maximum absolute atomic E-state index is 12.5. The quantitative estimate of drug-likeness (QED) is 0.490. The van der Waals surface area contributed by atoms with E-state index in [1.165, 1.54) is 14.1 Å². The Labute approximate surface area is 169 Å². The van der Waals surface area contributed by atoms with Crippen molar-refractivity contribution < 1.29 is 14.3 Å². The van der Waals surface area contributed by atoms with Crippen molar-refractivity contribution in [2.24, 2.45) is 14.1 Å². The molecule has 0 aliphatic rings. The summed E-state index contributed by atoms with van der Waals surface area (Å²) in [5.74, 6) is -1.80. The van der Waals surface area contributed by atoms with Gasteiger partial charge in [0.15, 0.2) is 6.61 Å². The fraction of sp³-hybridized carbons (Fsp3) is 0.211. The van der Waals surface area contributed by atoms with Crippen molar-refractivity contribution in [1.29, 1.82) is 0 Å². The van der Waals surface area contributed by atoms with Gasteiger partial charge in [0, 0.05) is 19.7 Å². The summed E-state index contributed by atoms with van der Waals surface area (Å²) < 4.78 is 6.84.